The number of ether oxygens (including phenoxy) is 1. The number of anilines is 1. The lowest BCUT2D eigenvalue weighted by Gasteiger charge is -2.14. The third kappa shape index (κ3) is 2.53. The monoisotopic (exact) mass is 254 g/mol. The maximum absolute atomic E-state index is 12.7. The second-order valence-electron chi connectivity index (χ2n) is 3.51. The molecule has 0 radical (unpaired) electrons. The standard InChI is InChI=1S/C12H9F3N2O/c13-12(14,15)8-3-1-2-4-10(8)18-11-5-6-17-7-9(11)16/h1-7H,16H2. The Kier molecular flexibility index (Phi) is 3.10. The molecule has 94 valence electrons. The fourth-order valence-corrected chi connectivity index (χ4v) is 1.40. The van der Waals surface area contributed by atoms with E-state index in [0.29, 0.717) is 0 Å². The molecule has 2 N–H and O–H groups in total. The van der Waals surface area contributed by atoms with Gasteiger partial charge >= 0.3 is 6.18 Å². The van der Waals surface area contributed by atoms with Gasteiger partial charge in [-0.3, -0.25) is 4.98 Å². The van der Waals surface area contributed by atoms with E-state index >= 15 is 0 Å². The van der Waals surface area contributed by atoms with Crippen molar-refractivity contribution in [2.75, 3.05) is 5.73 Å². The number of hydrogen-bond donors (Lipinski definition) is 1. The summed E-state index contributed by atoms with van der Waals surface area (Å²) in [5.74, 6) is -0.149. The fourth-order valence-electron chi connectivity index (χ4n) is 1.40. The molecule has 0 amide bonds. The summed E-state index contributed by atoms with van der Waals surface area (Å²) in [5, 5.41) is 0. The summed E-state index contributed by atoms with van der Waals surface area (Å²) in [6, 6.07) is 6.35. The van der Waals surface area contributed by atoms with E-state index in [1.807, 2.05) is 0 Å². The molecule has 0 saturated carbocycles. The zero-order valence-electron chi connectivity index (χ0n) is 9.11. The van der Waals surface area contributed by atoms with E-state index in [0.717, 1.165) is 6.07 Å². The second-order valence-corrected chi connectivity index (χ2v) is 3.51. The third-order valence-electron chi connectivity index (χ3n) is 2.22. The van der Waals surface area contributed by atoms with E-state index in [4.69, 9.17) is 10.5 Å². The molecule has 0 fully saturated rings. The first-order valence-electron chi connectivity index (χ1n) is 5.02. The van der Waals surface area contributed by atoms with Crippen LogP contribution in [0.2, 0.25) is 0 Å². The SMILES string of the molecule is Nc1cnccc1Oc1ccccc1C(F)(F)F. The van der Waals surface area contributed by atoms with Crippen molar-refractivity contribution in [2.24, 2.45) is 0 Å². The highest BCUT2D eigenvalue weighted by Gasteiger charge is 2.34. The van der Waals surface area contributed by atoms with Crippen molar-refractivity contribution < 1.29 is 17.9 Å². The molecular weight excluding hydrogens is 245 g/mol. The Hall–Kier alpha value is -2.24. The highest BCUT2D eigenvalue weighted by atomic mass is 19.4. The Morgan fingerprint density at radius 3 is 2.44 bits per heavy atom. The van der Waals surface area contributed by atoms with Crippen LogP contribution in [0.4, 0.5) is 18.9 Å². The zero-order chi connectivity index (χ0) is 13.2. The van der Waals surface area contributed by atoms with Gasteiger partial charge in [-0.25, -0.2) is 0 Å². The number of hydrogen-bond acceptors (Lipinski definition) is 3. The molecule has 18 heavy (non-hydrogen) atoms. The van der Waals surface area contributed by atoms with Crippen LogP contribution < -0.4 is 10.5 Å². The first kappa shape index (κ1) is 12.2. The number of nitrogens with zero attached hydrogens (tertiary/aromatic N) is 1. The lowest BCUT2D eigenvalue weighted by atomic mass is 10.2. The number of alkyl halides is 3. The number of para-hydroxylation sites is 1. The first-order chi connectivity index (χ1) is 8.48. The van der Waals surface area contributed by atoms with Crippen LogP contribution in [0.3, 0.4) is 0 Å². The molecule has 0 spiro atoms. The van der Waals surface area contributed by atoms with Crippen LogP contribution in [-0.4, -0.2) is 4.98 Å². The second kappa shape index (κ2) is 4.56. The molecule has 2 rings (SSSR count). The lowest BCUT2D eigenvalue weighted by Crippen LogP contribution is -2.07. The van der Waals surface area contributed by atoms with E-state index in [-0.39, 0.29) is 17.2 Å². The van der Waals surface area contributed by atoms with Crippen molar-refractivity contribution in [1.82, 2.24) is 4.98 Å². The number of pyridine rings is 1. The molecule has 6 heteroatoms. The van der Waals surface area contributed by atoms with Gasteiger partial charge in [0.2, 0.25) is 0 Å². The van der Waals surface area contributed by atoms with Gasteiger partial charge in [0.15, 0.2) is 5.75 Å². The van der Waals surface area contributed by atoms with Crippen molar-refractivity contribution in [1.29, 1.82) is 0 Å². The number of rotatable bonds is 2. The summed E-state index contributed by atoms with van der Waals surface area (Å²) in [4.78, 5) is 3.73. The average molecular weight is 254 g/mol. The predicted octanol–water partition coefficient (Wildman–Crippen LogP) is 3.47. The smallest absolute Gasteiger partial charge is 0.419 e. The summed E-state index contributed by atoms with van der Waals surface area (Å²) in [5.41, 5.74) is 4.89. The van der Waals surface area contributed by atoms with Crippen LogP contribution in [0.1, 0.15) is 5.56 Å². The van der Waals surface area contributed by atoms with Gasteiger partial charge in [-0.15, -0.1) is 0 Å². The summed E-state index contributed by atoms with van der Waals surface area (Å²) in [6.07, 6.45) is -1.77. The van der Waals surface area contributed by atoms with Gasteiger partial charge in [-0.05, 0) is 12.1 Å². The molecule has 0 aliphatic carbocycles. The molecule has 3 nitrogen and oxygen atoms in total. The van der Waals surface area contributed by atoms with E-state index in [1.54, 1.807) is 0 Å². The number of nitrogens with two attached hydrogens (primary N) is 1. The van der Waals surface area contributed by atoms with Crippen LogP contribution in [-0.2, 0) is 6.18 Å². The number of halogens is 3. The molecule has 2 aromatic rings. The summed E-state index contributed by atoms with van der Waals surface area (Å²) in [7, 11) is 0. The molecule has 0 atom stereocenters. The van der Waals surface area contributed by atoms with Crippen molar-refractivity contribution in [2.45, 2.75) is 6.18 Å². The van der Waals surface area contributed by atoms with E-state index in [9.17, 15) is 13.2 Å². The Labute approximate surface area is 101 Å². The third-order valence-corrected chi connectivity index (χ3v) is 2.22. The van der Waals surface area contributed by atoms with Crippen LogP contribution in [0.25, 0.3) is 0 Å². The van der Waals surface area contributed by atoms with E-state index in [1.165, 1.54) is 36.7 Å². The van der Waals surface area contributed by atoms with Crippen LogP contribution in [0.15, 0.2) is 42.7 Å². The van der Waals surface area contributed by atoms with E-state index in [2.05, 4.69) is 4.98 Å². The summed E-state index contributed by atoms with van der Waals surface area (Å²) < 4.78 is 43.4. The maximum Gasteiger partial charge on any atom is 0.419 e. The van der Waals surface area contributed by atoms with Crippen molar-refractivity contribution >= 4 is 5.69 Å². The highest BCUT2D eigenvalue weighted by molar-refractivity contribution is 5.52. The topological polar surface area (TPSA) is 48.1 Å². The lowest BCUT2D eigenvalue weighted by molar-refractivity contribution is -0.138. The molecule has 0 bridgehead atoms. The largest absolute Gasteiger partial charge is 0.454 e. The molecule has 0 aliphatic rings. The Morgan fingerprint density at radius 2 is 1.78 bits per heavy atom. The maximum atomic E-state index is 12.7. The van der Waals surface area contributed by atoms with Crippen LogP contribution >= 0.6 is 0 Å². The Bertz CT molecular complexity index is 555. The van der Waals surface area contributed by atoms with Crippen LogP contribution in [0.5, 0.6) is 11.5 Å². The minimum atomic E-state index is -4.47. The quantitative estimate of drug-likeness (QED) is 0.892. The summed E-state index contributed by atoms with van der Waals surface area (Å²) in [6.45, 7) is 0. The van der Waals surface area contributed by atoms with Gasteiger partial charge in [0.1, 0.15) is 5.75 Å². The average Bonchev–Trinajstić information content (AvgIpc) is 2.31. The Morgan fingerprint density at radius 1 is 1.06 bits per heavy atom. The molecular formula is C12H9F3N2O. The van der Waals surface area contributed by atoms with Crippen molar-refractivity contribution in [3.63, 3.8) is 0 Å². The van der Waals surface area contributed by atoms with Gasteiger partial charge in [0.25, 0.3) is 0 Å². The van der Waals surface area contributed by atoms with Crippen LogP contribution in [0, 0.1) is 0 Å². The first-order valence-corrected chi connectivity index (χ1v) is 5.02. The molecule has 1 aromatic carbocycles. The van der Waals surface area contributed by atoms with Gasteiger partial charge in [-0.2, -0.15) is 13.2 Å². The predicted molar refractivity (Wildman–Crippen MR) is 60.2 cm³/mol. The molecule has 1 aromatic heterocycles. The molecule has 0 saturated heterocycles. The number of aromatic nitrogens is 1. The minimum absolute atomic E-state index is 0.140. The fraction of sp³-hybridized carbons (Fsp3) is 0.0833. The Balaban J connectivity index is 2.39. The molecule has 1 heterocycles. The minimum Gasteiger partial charge on any atom is -0.454 e. The zero-order valence-corrected chi connectivity index (χ0v) is 9.11. The van der Waals surface area contributed by atoms with E-state index < -0.39 is 11.7 Å². The van der Waals surface area contributed by atoms with Gasteiger partial charge in [-0.1, -0.05) is 12.1 Å². The summed E-state index contributed by atoms with van der Waals surface area (Å²) >= 11 is 0. The van der Waals surface area contributed by atoms with Gasteiger partial charge in [0, 0.05) is 12.3 Å². The normalized spacial score (nSPS) is 11.3. The number of nitrogen functional groups attached to an aromatic ring is 1. The van der Waals surface area contributed by atoms with Gasteiger partial charge < -0.3 is 10.5 Å². The molecule has 0 aliphatic heterocycles. The van der Waals surface area contributed by atoms with Crippen molar-refractivity contribution in [3.05, 3.63) is 48.3 Å². The van der Waals surface area contributed by atoms with Gasteiger partial charge in [0.05, 0.1) is 17.4 Å². The van der Waals surface area contributed by atoms with Crippen molar-refractivity contribution in [3.8, 4) is 11.5 Å². The highest BCUT2D eigenvalue weighted by Crippen LogP contribution is 2.38. The number of benzene rings is 1. The molecule has 0 unspecified atom stereocenters.